The smallest absolute Gasteiger partial charge is 0.265 e. The Balaban J connectivity index is 2.22. The molecule has 1 saturated heterocycles. The van der Waals surface area contributed by atoms with Gasteiger partial charge in [0, 0.05) is 6.54 Å². The zero-order valence-corrected chi connectivity index (χ0v) is 8.38. The summed E-state index contributed by atoms with van der Waals surface area (Å²) in [5, 5.41) is 14.1. The number of halogens is 2. The van der Waals surface area contributed by atoms with Gasteiger partial charge < -0.3 is 15.7 Å². The van der Waals surface area contributed by atoms with Gasteiger partial charge in [-0.05, 0) is 19.4 Å². The van der Waals surface area contributed by atoms with Crippen LogP contribution >= 0.6 is 0 Å². The number of alkyl halides is 2. The number of rotatable bonds is 4. The van der Waals surface area contributed by atoms with E-state index in [2.05, 4.69) is 10.6 Å². The van der Waals surface area contributed by atoms with Gasteiger partial charge in [-0.15, -0.1) is 0 Å². The lowest BCUT2D eigenvalue weighted by molar-refractivity contribution is -0.124. The van der Waals surface area contributed by atoms with Crippen LogP contribution in [-0.4, -0.2) is 42.7 Å². The third-order valence-electron chi connectivity index (χ3n) is 2.40. The van der Waals surface area contributed by atoms with Crippen molar-refractivity contribution in [2.45, 2.75) is 37.8 Å². The molecule has 15 heavy (non-hydrogen) atoms. The second-order valence-corrected chi connectivity index (χ2v) is 3.65. The Kier molecular flexibility index (Phi) is 4.90. The Labute approximate surface area is 87.0 Å². The molecule has 0 aromatic carbocycles. The van der Waals surface area contributed by atoms with Crippen LogP contribution in [0, 0.1) is 0 Å². The van der Waals surface area contributed by atoms with Crippen LogP contribution in [0.4, 0.5) is 8.78 Å². The summed E-state index contributed by atoms with van der Waals surface area (Å²) in [6, 6.07) is -0.302. The predicted molar refractivity (Wildman–Crippen MR) is 50.7 cm³/mol. The minimum atomic E-state index is -2.82. The van der Waals surface area contributed by atoms with Crippen molar-refractivity contribution in [3.8, 4) is 0 Å². The first kappa shape index (κ1) is 12.3. The molecule has 0 aliphatic carbocycles. The zero-order chi connectivity index (χ0) is 11.3. The van der Waals surface area contributed by atoms with Crippen molar-refractivity contribution < 1.29 is 18.7 Å². The first-order valence-corrected chi connectivity index (χ1v) is 5.08. The number of aliphatic hydroxyl groups is 1. The fraction of sp³-hybridized carbons (Fsp3) is 0.889. The van der Waals surface area contributed by atoms with Gasteiger partial charge in [0.15, 0.2) is 0 Å². The van der Waals surface area contributed by atoms with Gasteiger partial charge in [-0.3, -0.25) is 4.79 Å². The Hall–Kier alpha value is -0.750. The van der Waals surface area contributed by atoms with E-state index in [0.29, 0.717) is 0 Å². The molecule has 88 valence electrons. The molecular formula is C9H16F2N2O2. The van der Waals surface area contributed by atoms with E-state index in [0.717, 1.165) is 25.8 Å². The molecule has 6 heteroatoms. The Bertz CT molecular complexity index is 208. The lowest BCUT2D eigenvalue weighted by atomic mass is 10.0. The van der Waals surface area contributed by atoms with Crippen molar-refractivity contribution in [1.29, 1.82) is 0 Å². The molecule has 2 unspecified atom stereocenters. The monoisotopic (exact) mass is 222 g/mol. The summed E-state index contributed by atoms with van der Waals surface area (Å²) in [5.41, 5.74) is 0. The number of nitrogens with one attached hydrogen (secondary N) is 2. The number of carbonyl (C=O) groups excluding carboxylic acids is 1. The van der Waals surface area contributed by atoms with Crippen LogP contribution in [0.1, 0.15) is 19.3 Å². The van der Waals surface area contributed by atoms with Gasteiger partial charge in [0.1, 0.15) is 6.10 Å². The minimum Gasteiger partial charge on any atom is -0.385 e. The molecule has 0 aromatic rings. The van der Waals surface area contributed by atoms with Crippen LogP contribution in [0.15, 0.2) is 0 Å². The fourth-order valence-corrected chi connectivity index (χ4v) is 1.49. The third kappa shape index (κ3) is 4.09. The lowest BCUT2D eigenvalue weighted by Crippen LogP contribution is -2.48. The summed E-state index contributed by atoms with van der Waals surface area (Å²) in [5.74, 6) is -0.311. The Morgan fingerprint density at radius 2 is 2.27 bits per heavy atom. The number of hydrogen-bond donors (Lipinski definition) is 3. The summed E-state index contributed by atoms with van der Waals surface area (Å²) < 4.78 is 23.8. The van der Waals surface area contributed by atoms with Gasteiger partial charge in [-0.25, -0.2) is 8.78 Å². The topological polar surface area (TPSA) is 61.4 Å². The number of amides is 1. The molecule has 1 fully saturated rings. The standard InChI is InChI=1S/C9H16F2N2O2/c10-8(11)7(14)5-13-9(15)6-3-1-2-4-12-6/h6-8,12,14H,1-5H2,(H,13,15). The Morgan fingerprint density at radius 3 is 2.80 bits per heavy atom. The number of aliphatic hydroxyl groups excluding tert-OH is 1. The molecule has 0 radical (unpaired) electrons. The summed E-state index contributed by atoms with van der Waals surface area (Å²) in [6.45, 7) is 0.379. The van der Waals surface area contributed by atoms with E-state index in [1.807, 2.05) is 0 Å². The average Bonchev–Trinajstić information content (AvgIpc) is 2.26. The van der Waals surface area contributed by atoms with E-state index < -0.39 is 19.1 Å². The van der Waals surface area contributed by atoms with E-state index in [1.54, 1.807) is 0 Å². The highest BCUT2D eigenvalue weighted by Crippen LogP contribution is 2.07. The van der Waals surface area contributed by atoms with Crippen LogP contribution in [0.5, 0.6) is 0 Å². The normalized spacial score (nSPS) is 23.9. The second kappa shape index (κ2) is 5.97. The summed E-state index contributed by atoms with van der Waals surface area (Å²) in [6.07, 6.45) is -1.88. The third-order valence-corrected chi connectivity index (χ3v) is 2.40. The SMILES string of the molecule is O=C(NCC(O)C(F)F)C1CCCCN1. The second-order valence-electron chi connectivity index (χ2n) is 3.65. The van der Waals surface area contributed by atoms with Crippen molar-refractivity contribution in [3.63, 3.8) is 0 Å². The van der Waals surface area contributed by atoms with Crippen molar-refractivity contribution in [2.24, 2.45) is 0 Å². The van der Waals surface area contributed by atoms with Crippen LogP contribution < -0.4 is 10.6 Å². The van der Waals surface area contributed by atoms with E-state index in [4.69, 9.17) is 5.11 Å². The highest BCUT2D eigenvalue weighted by atomic mass is 19.3. The molecule has 4 nitrogen and oxygen atoms in total. The van der Waals surface area contributed by atoms with Gasteiger partial charge in [-0.2, -0.15) is 0 Å². The maximum atomic E-state index is 11.9. The van der Waals surface area contributed by atoms with Gasteiger partial charge in [0.25, 0.3) is 6.43 Å². The first-order valence-electron chi connectivity index (χ1n) is 5.08. The molecule has 0 spiro atoms. The van der Waals surface area contributed by atoms with E-state index >= 15 is 0 Å². The van der Waals surface area contributed by atoms with Crippen molar-refractivity contribution in [1.82, 2.24) is 10.6 Å². The van der Waals surface area contributed by atoms with Crippen molar-refractivity contribution >= 4 is 5.91 Å². The van der Waals surface area contributed by atoms with Gasteiger partial charge >= 0.3 is 0 Å². The van der Waals surface area contributed by atoms with Gasteiger partial charge in [0.2, 0.25) is 5.91 Å². The summed E-state index contributed by atoms with van der Waals surface area (Å²) >= 11 is 0. The quantitative estimate of drug-likeness (QED) is 0.621. The molecule has 1 heterocycles. The maximum absolute atomic E-state index is 11.9. The number of piperidine rings is 1. The minimum absolute atomic E-state index is 0.302. The van der Waals surface area contributed by atoms with Crippen molar-refractivity contribution in [3.05, 3.63) is 0 Å². The van der Waals surface area contributed by atoms with E-state index in [1.165, 1.54) is 0 Å². The van der Waals surface area contributed by atoms with Crippen LogP contribution in [0.2, 0.25) is 0 Å². The molecule has 3 N–H and O–H groups in total. The molecule has 0 bridgehead atoms. The molecule has 1 aliphatic heterocycles. The van der Waals surface area contributed by atoms with E-state index in [-0.39, 0.29) is 11.9 Å². The van der Waals surface area contributed by atoms with Crippen molar-refractivity contribution in [2.75, 3.05) is 13.1 Å². The summed E-state index contributed by atoms with van der Waals surface area (Å²) in [4.78, 5) is 11.4. The molecule has 0 aromatic heterocycles. The zero-order valence-electron chi connectivity index (χ0n) is 8.38. The van der Waals surface area contributed by atoms with Crippen LogP contribution in [0.25, 0.3) is 0 Å². The van der Waals surface area contributed by atoms with Crippen LogP contribution in [-0.2, 0) is 4.79 Å². The molecule has 1 aliphatic rings. The Morgan fingerprint density at radius 1 is 1.53 bits per heavy atom. The van der Waals surface area contributed by atoms with Gasteiger partial charge in [-0.1, -0.05) is 6.42 Å². The number of hydrogen-bond acceptors (Lipinski definition) is 3. The first-order chi connectivity index (χ1) is 7.11. The molecule has 0 saturated carbocycles. The molecule has 1 rings (SSSR count). The molecule has 2 atom stereocenters. The highest BCUT2D eigenvalue weighted by Gasteiger charge is 2.22. The fourth-order valence-electron chi connectivity index (χ4n) is 1.49. The largest absolute Gasteiger partial charge is 0.385 e. The van der Waals surface area contributed by atoms with Crippen LogP contribution in [0.3, 0.4) is 0 Å². The maximum Gasteiger partial charge on any atom is 0.265 e. The predicted octanol–water partition coefficient (Wildman–Crippen LogP) is -0.129. The summed E-state index contributed by atoms with van der Waals surface area (Å²) in [7, 11) is 0. The molecular weight excluding hydrogens is 206 g/mol. The average molecular weight is 222 g/mol. The molecule has 1 amide bonds. The van der Waals surface area contributed by atoms with E-state index in [9.17, 15) is 13.6 Å². The van der Waals surface area contributed by atoms with Gasteiger partial charge in [0.05, 0.1) is 6.04 Å². The highest BCUT2D eigenvalue weighted by molar-refractivity contribution is 5.81. The number of carbonyl (C=O) groups is 1. The lowest BCUT2D eigenvalue weighted by Gasteiger charge is -2.23.